The number of phenolic OH excluding ortho intramolecular Hbond substituents is 1. The van der Waals surface area contributed by atoms with Gasteiger partial charge in [-0.15, -0.1) is 0 Å². The summed E-state index contributed by atoms with van der Waals surface area (Å²) in [4.78, 5) is 53.3. The highest BCUT2D eigenvalue weighted by atomic mass is 16.6. The van der Waals surface area contributed by atoms with E-state index in [-0.39, 0.29) is 17.2 Å². The Morgan fingerprint density at radius 1 is 1.06 bits per heavy atom. The minimum atomic E-state index is -1.31. The Hall–Kier alpha value is -3.30. The van der Waals surface area contributed by atoms with Gasteiger partial charge in [-0.3, -0.25) is 14.4 Å². The summed E-state index contributed by atoms with van der Waals surface area (Å²) in [7, 11) is 1.20. The molecular weight excluding hydrogens is 466 g/mol. The minimum Gasteiger partial charge on any atom is -0.508 e. The molecule has 1 rings (SSSR count). The summed E-state index contributed by atoms with van der Waals surface area (Å²) in [6.07, 6.45) is -0.317. The molecule has 0 aliphatic carbocycles. The minimum absolute atomic E-state index is 0.175. The van der Waals surface area contributed by atoms with E-state index in [0.29, 0.717) is 6.42 Å². The third-order valence-corrected chi connectivity index (χ3v) is 5.73. The molecule has 2 unspecified atom stereocenters. The SMILES string of the molecule is CCC(C)(C)N(C(=O)C(NC(=O)OC(C)(C)C)C(C)C)C(C(=O)NCC(=O)OC)c1ccccc1O. The number of carbonyl (C=O) groups excluding carboxylic acids is 4. The maximum atomic E-state index is 14.1. The molecule has 0 aliphatic rings. The van der Waals surface area contributed by atoms with E-state index in [1.54, 1.807) is 60.6 Å². The molecule has 36 heavy (non-hydrogen) atoms. The number of benzene rings is 1. The number of para-hydroxylation sites is 1. The van der Waals surface area contributed by atoms with E-state index in [4.69, 9.17) is 4.74 Å². The molecule has 3 N–H and O–H groups in total. The van der Waals surface area contributed by atoms with Gasteiger partial charge in [0.1, 0.15) is 30.0 Å². The Balaban J connectivity index is 3.62. The lowest BCUT2D eigenvalue weighted by atomic mass is 9.90. The number of aromatic hydroxyl groups is 1. The smallest absolute Gasteiger partial charge is 0.408 e. The van der Waals surface area contributed by atoms with Gasteiger partial charge in [-0.2, -0.15) is 0 Å². The molecule has 0 saturated heterocycles. The van der Waals surface area contributed by atoms with Crippen LogP contribution in [-0.2, 0) is 23.9 Å². The standard InChI is InChI=1S/C26H41N3O7/c1-10-26(7,8)29(23(33)20(16(2)3)28-24(34)36-25(4,5)6)21(17-13-11-12-14-18(17)30)22(32)27-15-19(31)35-9/h11-14,16,20-21,30H,10,15H2,1-9H3,(H,27,32)(H,28,34). The Morgan fingerprint density at radius 2 is 1.64 bits per heavy atom. The van der Waals surface area contributed by atoms with Gasteiger partial charge in [0.2, 0.25) is 11.8 Å². The number of methoxy groups -OCH3 is 1. The topological polar surface area (TPSA) is 134 Å². The van der Waals surface area contributed by atoms with Crippen LogP contribution in [0.25, 0.3) is 0 Å². The molecule has 1 aromatic rings. The van der Waals surface area contributed by atoms with Gasteiger partial charge in [0, 0.05) is 11.1 Å². The van der Waals surface area contributed by atoms with Gasteiger partial charge in [0.25, 0.3) is 0 Å². The molecule has 2 atom stereocenters. The van der Waals surface area contributed by atoms with E-state index in [2.05, 4.69) is 15.4 Å². The maximum absolute atomic E-state index is 14.1. The molecule has 0 aromatic heterocycles. The van der Waals surface area contributed by atoms with Crippen LogP contribution in [0, 0.1) is 5.92 Å². The van der Waals surface area contributed by atoms with Crippen LogP contribution < -0.4 is 10.6 Å². The van der Waals surface area contributed by atoms with Crippen molar-refractivity contribution in [3.63, 3.8) is 0 Å². The lowest BCUT2D eigenvalue weighted by Gasteiger charge is -2.45. The fourth-order valence-electron chi connectivity index (χ4n) is 3.49. The molecule has 0 heterocycles. The number of ether oxygens (including phenoxy) is 2. The number of hydrogen-bond donors (Lipinski definition) is 3. The molecular formula is C26H41N3O7. The summed E-state index contributed by atoms with van der Waals surface area (Å²) in [5.74, 6) is -2.44. The van der Waals surface area contributed by atoms with E-state index < -0.39 is 53.6 Å². The second kappa shape index (κ2) is 12.6. The number of phenols is 1. The van der Waals surface area contributed by atoms with Crippen molar-refractivity contribution in [2.24, 2.45) is 5.92 Å². The van der Waals surface area contributed by atoms with Crippen molar-refractivity contribution in [1.82, 2.24) is 15.5 Å². The number of carbonyl (C=O) groups is 4. The fraction of sp³-hybridized carbons (Fsp3) is 0.615. The number of esters is 1. The lowest BCUT2D eigenvalue weighted by molar-refractivity contribution is -0.151. The summed E-state index contributed by atoms with van der Waals surface area (Å²) in [5, 5.41) is 15.8. The van der Waals surface area contributed by atoms with Crippen LogP contribution in [0.2, 0.25) is 0 Å². The van der Waals surface area contributed by atoms with Crippen LogP contribution in [0.4, 0.5) is 4.79 Å². The van der Waals surface area contributed by atoms with Gasteiger partial charge in [-0.05, 0) is 53.0 Å². The first-order valence-corrected chi connectivity index (χ1v) is 12.0. The first-order valence-electron chi connectivity index (χ1n) is 12.0. The fourth-order valence-corrected chi connectivity index (χ4v) is 3.49. The zero-order valence-corrected chi connectivity index (χ0v) is 22.8. The number of amides is 3. The Bertz CT molecular complexity index is 938. The van der Waals surface area contributed by atoms with E-state index in [9.17, 15) is 24.3 Å². The Kier molecular flexibility index (Phi) is 10.8. The van der Waals surface area contributed by atoms with Crippen molar-refractivity contribution in [2.75, 3.05) is 13.7 Å². The molecule has 0 bridgehead atoms. The van der Waals surface area contributed by atoms with Crippen molar-refractivity contribution >= 4 is 23.9 Å². The van der Waals surface area contributed by atoms with Crippen LogP contribution >= 0.6 is 0 Å². The number of hydrogen-bond acceptors (Lipinski definition) is 7. The first-order chi connectivity index (χ1) is 16.6. The van der Waals surface area contributed by atoms with Crippen LogP contribution in [0.3, 0.4) is 0 Å². The van der Waals surface area contributed by atoms with Crippen molar-refractivity contribution in [2.45, 2.75) is 85.0 Å². The predicted molar refractivity (Wildman–Crippen MR) is 135 cm³/mol. The number of nitrogens with zero attached hydrogens (tertiary/aromatic N) is 1. The Labute approximate surface area is 213 Å². The quantitative estimate of drug-likeness (QED) is 0.414. The van der Waals surface area contributed by atoms with Crippen molar-refractivity contribution < 1.29 is 33.8 Å². The molecule has 10 nitrogen and oxygen atoms in total. The third-order valence-electron chi connectivity index (χ3n) is 5.73. The molecule has 0 saturated carbocycles. The normalized spacial score (nSPS) is 13.4. The zero-order valence-electron chi connectivity index (χ0n) is 22.8. The van der Waals surface area contributed by atoms with Crippen LogP contribution in [0.5, 0.6) is 5.75 Å². The summed E-state index contributed by atoms with van der Waals surface area (Å²) in [6.45, 7) is 13.7. The van der Waals surface area contributed by atoms with Crippen LogP contribution in [-0.4, -0.2) is 64.7 Å². The van der Waals surface area contributed by atoms with E-state index in [1.807, 2.05) is 6.92 Å². The van der Waals surface area contributed by atoms with Crippen LogP contribution in [0.15, 0.2) is 24.3 Å². The lowest BCUT2D eigenvalue weighted by Crippen LogP contribution is -2.60. The van der Waals surface area contributed by atoms with E-state index >= 15 is 0 Å². The highest BCUT2D eigenvalue weighted by Gasteiger charge is 2.44. The first kappa shape index (κ1) is 30.7. The van der Waals surface area contributed by atoms with E-state index in [1.165, 1.54) is 24.1 Å². The average molecular weight is 508 g/mol. The van der Waals surface area contributed by atoms with Crippen molar-refractivity contribution in [3.8, 4) is 5.75 Å². The number of rotatable bonds is 10. The van der Waals surface area contributed by atoms with Gasteiger partial charge in [-0.1, -0.05) is 39.0 Å². The summed E-state index contributed by atoms with van der Waals surface area (Å²) in [5.41, 5.74) is -1.49. The molecule has 0 spiro atoms. The maximum Gasteiger partial charge on any atom is 0.408 e. The molecule has 0 radical (unpaired) electrons. The zero-order chi connectivity index (χ0) is 27.8. The largest absolute Gasteiger partial charge is 0.508 e. The molecule has 0 fully saturated rings. The van der Waals surface area contributed by atoms with E-state index in [0.717, 1.165) is 0 Å². The van der Waals surface area contributed by atoms with Gasteiger partial charge >= 0.3 is 12.1 Å². The van der Waals surface area contributed by atoms with Gasteiger partial charge in [-0.25, -0.2) is 4.79 Å². The Morgan fingerprint density at radius 3 is 2.11 bits per heavy atom. The summed E-state index contributed by atoms with van der Waals surface area (Å²) >= 11 is 0. The average Bonchev–Trinajstić information content (AvgIpc) is 2.77. The molecule has 0 aliphatic heterocycles. The van der Waals surface area contributed by atoms with Crippen molar-refractivity contribution in [3.05, 3.63) is 29.8 Å². The predicted octanol–water partition coefficient (Wildman–Crippen LogP) is 3.29. The highest BCUT2D eigenvalue weighted by molar-refractivity contribution is 5.94. The summed E-state index contributed by atoms with van der Waals surface area (Å²) in [6, 6.07) is 3.84. The van der Waals surface area contributed by atoms with Gasteiger partial charge in [0.15, 0.2) is 0 Å². The third kappa shape index (κ3) is 8.42. The van der Waals surface area contributed by atoms with Crippen molar-refractivity contribution in [1.29, 1.82) is 0 Å². The molecule has 1 aromatic carbocycles. The van der Waals surface area contributed by atoms with Gasteiger partial charge < -0.3 is 30.1 Å². The molecule has 202 valence electrons. The number of alkyl carbamates (subject to hydrolysis) is 1. The van der Waals surface area contributed by atoms with Crippen LogP contribution in [0.1, 0.15) is 73.4 Å². The second-order valence-corrected chi connectivity index (χ2v) is 10.5. The second-order valence-electron chi connectivity index (χ2n) is 10.5. The van der Waals surface area contributed by atoms with Gasteiger partial charge in [0.05, 0.1) is 7.11 Å². The molecule has 3 amide bonds. The monoisotopic (exact) mass is 507 g/mol. The molecule has 10 heteroatoms. The summed E-state index contributed by atoms with van der Waals surface area (Å²) < 4.78 is 9.97. The number of nitrogens with one attached hydrogen (secondary N) is 2. The highest BCUT2D eigenvalue weighted by Crippen LogP contribution is 2.36.